The van der Waals surface area contributed by atoms with Crippen molar-refractivity contribution in [3.63, 3.8) is 0 Å². The molecule has 117 valence electrons. The minimum Gasteiger partial charge on any atom is -0.145 e. The van der Waals surface area contributed by atoms with Crippen LogP contribution in [-0.2, 0) is 6.42 Å². The molecule has 2 aromatic heterocycles. The molecule has 2 rings (SSSR count). The Morgan fingerprint density at radius 3 is 2.14 bits per heavy atom. The van der Waals surface area contributed by atoms with Crippen molar-refractivity contribution in [2.24, 2.45) is 0 Å². The van der Waals surface area contributed by atoms with Gasteiger partial charge in [0.2, 0.25) is 0 Å². The molecule has 0 aromatic carbocycles. The average Bonchev–Trinajstić information content (AvgIpc) is 3.14. The van der Waals surface area contributed by atoms with E-state index in [-0.39, 0.29) is 0 Å². The lowest BCUT2D eigenvalue weighted by Crippen LogP contribution is -1.88. The number of hydrogen-bond donors (Lipinski definition) is 0. The molecule has 0 N–H and O–H groups in total. The van der Waals surface area contributed by atoms with Crippen molar-refractivity contribution in [3.8, 4) is 9.75 Å². The van der Waals surface area contributed by atoms with Crippen molar-refractivity contribution in [2.75, 3.05) is 0 Å². The first-order valence-corrected chi connectivity index (χ1v) is 10.4. The van der Waals surface area contributed by atoms with Gasteiger partial charge in [0.1, 0.15) is 0 Å². The largest absolute Gasteiger partial charge is 0.145 e. The van der Waals surface area contributed by atoms with Gasteiger partial charge in [0.05, 0.1) is 10.2 Å². The summed E-state index contributed by atoms with van der Waals surface area (Å²) >= 11 is 3.77. The zero-order valence-electron chi connectivity index (χ0n) is 13.3. The standard InChI is InChI=1S/C19H25S2Si/c1-2-3-4-5-6-7-8-9-10-11-16-12-13-17(20-16)18-14-15-19(22)21-18/h2,12-15H,1,3-11H2. The van der Waals surface area contributed by atoms with E-state index in [1.165, 1.54) is 76.9 Å². The Bertz CT molecular complexity index is 553. The van der Waals surface area contributed by atoms with Gasteiger partial charge in [0, 0.05) is 14.6 Å². The molecule has 0 bridgehead atoms. The first-order valence-electron chi connectivity index (χ1n) is 8.31. The highest BCUT2D eigenvalue weighted by Crippen LogP contribution is 2.31. The van der Waals surface area contributed by atoms with Crippen LogP contribution in [0.5, 0.6) is 0 Å². The summed E-state index contributed by atoms with van der Waals surface area (Å²) in [6.07, 6.45) is 14.0. The van der Waals surface area contributed by atoms with E-state index in [1.54, 1.807) is 0 Å². The average molecular weight is 346 g/mol. The summed E-state index contributed by atoms with van der Waals surface area (Å²) in [6, 6.07) is 8.92. The van der Waals surface area contributed by atoms with Gasteiger partial charge in [0.15, 0.2) is 0 Å². The van der Waals surface area contributed by atoms with E-state index >= 15 is 0 Å². The maximum atomic E-state index is 3.77. The van der Waals surface area contributed by atoms with Gasteiger partial charge in [-0.05, 0) is 48.4 Å². The molecule has 0 unspecified atom stereocenters. The van der Waals surface area contributed by atoms with E-state index in [9.17, 15) is 0 Å². The number of allylic oxidation sites excluding steroid dienone is 1. The molecule has 0 spiro atoms. The fourth-order valence-electron chi connectivity index (χ4n) is 2.59. The maximum absolute atomic E-state index is 3.77. The van der Waals surface area contributed by atoms with Gasteiger partial charge < -0.3 is 0 Å². The molecular formula is C19H25S2Si. The Kier molecular flexibility index (Phi) is 8.20. The van der Waals surface area contributed by atoms with Gasteiger partial charge >= 0.3 is 0 Å². The zero-order valence-corrected chi connectivity index (χ0v) is 15.9. The van der Waals surface area contributed by atoms with E-state index in [0.29, 0.717) is 0 Å². The molecule has 0 nitrogen and oxygen atoms in total. The SMILES string of the molecule is C=CCCCCCCCCCc1ccc(-c2ccc([Si])s2)s1. The van der Waals surface area contributed by atoms with E-state index in [0.717, 1.165) is 0 Å². The number of rotatable bonds is 11. The molecule has 2 aromatic rings. The van der Waals surface area contributed by atoms with Crippen LogP contribution in [0, 0.1) is 0 Å². The summed E-state index contributed by atoms with van der Waals surface area (Å²) in [5, 5.41) is 0. The third-order valence-electron chi connectivity index (χ3n) is 3.84. The number of thiophene rings is 2. The van der Waals surface area contributed by atoms with Gasteiger partial charge in [-0.3, -0.25) is 0 Å². The highest BCUT2D eigenvalue weighted by molar-refractivity contribution is 7.26. The normalized spacial score (nSPS) is 11.0. The van der Waals surface area contributed by atoms with Crippen LogP contribution in [0.15, 0.2) is 36.9 Å². The third-order valence-corrected chi connectivity index (χ3v) is 6.55. The van der Waals surface area contributed by atoms with Crippen molar-refractivity contribution in [1.29, 1.82) is 0 Å². The molecular weight excluding hydrogens is 320 g/mol. The lowest BCUT2D eigenvalue weighted by Gasteiger charge is -2.01. The molecule has 0 amide bonds. The molecule has 0 fully saturated rings. The Balaban J connectivity index is 1.58. The number of aryl methyl sites for hydroxylation is 1. The Morgan fingerprint density at radius 2 is 1.45 bits per heavy atom. The Morgan fingerprint density at radius 1 is 0.818 bits per heavy atom. The molecule has 22 heavy (non-hydrogen) atoms. The molecule has 0 aliphatic heterocycles. The molecule has 3 radical (unpaired) electrons. The molecule has 0 aliphatic rings. The predicted molar refractivity (Wildman–Crippen MR) is 104 cm³/mol. The molecule has 0 saturated heterocycles. The van der Waals surface area contributed by atoms with Gasteiger partial charge in [-0.2, -0.15) is 0 Å². The summed E-state index contributed by atoms with van der Waals surface area (Å²) in [7, 11) is 3.59. The zero-order chi connectivity index (χ0) is 15.6. The molecule has 3 heteroatoms. The third kappa shape index (κ3) is 6.23. The van der Waals surface area contributed by atoms with Crippen molar-refractivity contribution in [3.05, 3.63) is 41.8 Å². The van der Waals surface area contributed by atoms with Crippen molar-refractivity contribution in [1.82, 2.24) is 0 Å². The summed E-state index contributed by atoms with van der Waals surface area (Å²) in [5.74, 6) is 0. The van der Waals surface area contributed by atoms with E-state index < -0.39 is 0 Å². The first kappa shape index (κ1) is 17.7. The predicted octanol–water partition coefficient (Wildman–Crippen LogP) is 6.12. The van der Waals surface area contributed by atoms with E-state index in [4.69, 9.17) is 0 Å². The lowest BCUT2D eigenvalue weighted by molar-refractivity contribution is 0.582. The quantitative estimate of drug-likeness (QED) is 0.261. The smallest absolute Gasteiger partial charge is 0.0864 e. The summed E-state index contributed by atoms with van der Waals surface area (Å²) in [5.41, 5.74) is 0. The van der Waals surface area contributed by atoms with Gasteiger partial charge in [0.25, 0.3) is 0 Å². The minimum absolute atomic E-state index is 1.18. The highest BCUT2D eigenvalue weighted by atomic mass is 32.1. The molecule has 0 aliphatic carbocycles. The fourth-order valence-corrected chi connectivity index (χ4v) is 4.90. The van der Waals surface area contributed by atoms with Crippen LogP contribution in [0.3, 0.4) is 0 Å². The summed E-state index contributed by atoms with van der Waals surface area (Å²) in [4.78, 5) is 4.32. The Hall–Kier alpha value is -0.643. The van der Waals surface area contributed by atoms with Crippen LogP contribution in [0.2, 0.25) is 0 Å². The van der Waals surface area contributed by atoms with Gasteiger partial charge in [-0.1, -0.05) is 44.2 Å². The van der Waals surface area contributed by atoms with Crippen LogP contribution in [-0.4, -0.2) is 10.2 Å². The second-order valence-corrected chi connectivity index (χ2v) is 8.89. The number of unbranched alkanes of at least 4 members (excludes halogenated alkanes) is 7. The molecule has 0 atom stereocenters. The lowest BCUT2D eigenvalue weighted by atomic mass is 10.1. The van der Waals surface area contributed by atoms with Crippen LogP contribution in [0.4, 0.5) is 0 Å². The molecule has 0 saturated carbocycles. The minimum atomic E-state index is 1.18. The van der Waals surface area contributed by atoms with Crippen LogP contribution >= 0.6 is 22.7 Å². The Labute approximate surface area is 146 Å². The van der Waals surface area contributed by atoms with Gasteiger partial charge in [-0.25, -0.2) is 0 Å². The van der Waals surface area contributed by atoms with Crippen LogP contribution in [0.1, 0.15) is 56.2 Å². The van der Waals surface area contributed by atoms with E-state index in [2.05, 4.69) is 41.1 Å². The van der Waals surface area contributed by atoms with Crippen molar-refractivity contribution in [2.45, 2.75) is 57.8 Å². The summed E-state index contributed by atoms with van der Waals surface area (Å²) < 4.78 is 1.21. The molecule has 2 heterocycles. The first-order chi connectivity index (χ1) is 10.8. The number of hydrogen-bond acceptors (Lipinski definition) is 2. The van der Waals surface area contributed by atoms with Crippen LogP contribution < -0.4 is 4.50 Å². The fraction of sp³-hybridized carbons (Fsp3) is 0.474. The highest BCUT2D eigenvalue weighted by Gasteiger charge is 2.05. The second-order valence-electron chi connectivity index (χ2n) is 5.73. The topological polar surface area (TPSA) is 0 Å². The van der Waals surface area contributed by atoms with Crippen molar-refractivity contribution < 1.29 is 0 Å². The second kappa shape index (κ2) is 10.2. The van der Waals surface area contributed by atoms with Crippen LogP contribution in [0.25, 0.3) is 9.75 Å². The van der Waals surface area contributed by atoms with E-state index in [1.807, 2.05) is 28.7 Å². The monoisotopic (exact) mass is 345 g/mol. The summed E-state index contributed by atoms with van der Waals surface area (Å²) in [6.45, 7) is 3.77. The van der Waals surface area contributed by atoms with Gasteiger partial charge in [-0.15, -0.1) is 29.3 Å². The van der Waals surface area contributed by atoms with Crippen molar-refractivity contribution >= 4 is 37.4 Å². The maximum Gasteiger partial charge on any atom is 0.0864 e.